The zero-order valence-electron chi connectivity index (χ0n) is 14.9. The molecule has 0 aliphatic heterocycles. The number of thiophene rings is 1. The summed E-state index contributed by atoms with van der Waals surface area (Å²) < 4.78 is 1.74. The number of anilines is 1. The van der Waals surface area contributed by atoms with Crippen LogP contribution in [0.4, 0.5) is 5.82 Å². The second-order valence-corrected chi connectivity index (χ2v) is 7.01. The molecule has 7 nitrogen and oxygen atoms in total. The minimum absolute atomic E-state index is 0.0990. The summed E-state index contributed by atoms with van der Waals surface area (Å²) in [5.41, 5.74) is 4.30. The number of aromatic nitrogens is 4. The van der Waals surface area contributed by atoms with E-state index in [0.717, 1.165) is 33.0 Å². The molecule has 1 amide bonds. The molecule has 0 saturated heterocycles. The van der Waals surface area contributed by atoms with E-state index in [4.69, 9.17) is 4.98 Å². The van der Waals surface area contributed by atoms with Gasteiger partial charge in [-0.3, -0.25) is 4.79 Å². The van der Waals surface area contributed by atoms with Crippen molar-refractivity contribution in [1.82, 2.24) is 24.9 Å². The number of carbonyl (C=O) groups excluding carboxylic acids is 1. The summed E-state index contributed by atoms with van der Waals surface area (Å²) in [5.74, 6) is 0.542. The Labute approximate surface area is 160 Å². The van der Waals surface area contributed by atoms with E-state index in [1.165, 1.54) is 0 Å². The van der Waals surface area contributed by atoms with Crippen LogP contribution in [0.25, 0.3) is 27.5 Å². The maximum absolute atomic E-state index is 11.5. The molecular weight excluding hydrogens is 360 g/mol. The fourth-order valence-electron chi connectivity index (χ4n) is 2.77. The summed E-state index contributed by atoms with van der Waals surface area (Å²) in [4.78, 5) is 22.0. The summed E-state index contributed by atoms with van der Waals surface area (Å²) in [7, 11) is 1.61. The fourth-order valence-corrected chi connectivity index (χ4v) is 3.46. The molecule has 4 heterocycles. The topological polar surface area (TPSA) is 84.2 Å². The summed E-state index contributed by atoms with van der Waals surface area (Å²) in [6.07, 6.45) is 3.67. The SMILES string of the molecule is CNC(=O)CNc1cc(C)cc(-c2cnn3ccc(-c4cccs4)nc23)n1. The first kappa shape index (κ1) is 17.2. The lowest BCUT2D eigenvalue weighted by molar-refractivity contribution is -0.118. The van der Waals surface area contributed by atoms with Crippen molar-refractivity contribution < 1.29 is 4.79 Å². The minimum Gasteiger partial charge on any atom is -0.361 e. The second kappa shape index (κ2) is 7.16. The van der Waals surface area contributed by atoms with E-state index in [2.05, 4.69) is 20.7 Å². The van der Waals surface area contributed by atoms with Gasteiger partial charge in [-0.25, -0.2) is 14.5 Å². The van der Waals surface area contributed by atoms with Gasteiger partial charge >= 0.3 is 0 Å². The highest BCUT2D eigenvalue weighted by atomic mass is 32.1. The highest BCUT2D eigenvalue weighted by molar-refractivity contribution is 7.13. The van der Waals surface area contributed by atoms with Crippen molar-refractivity contribution in [1.29, 1.82) is 0 Å². The monoisotopic (exact) mass is 378 g/mol. The van der Waals surface area contributed by atoms with Crippen LogP contribution in [0.2, 0.25) is 0 Å². The van der Waals surface area contributed by atoms with Crippen molar-refractivity contribution in [3.8, 4) is 21.8 Å². The number of nitrogens with zero attached hydrogens (tertiary/aromatic N) is 4. The van der Waals surface area contributed by atoms with Crippen molar-refractivity contribution in [2.45, 2.75) is 6.92 Å². The molecule has 2 N–H and O–H groups in total. The number of pyridine rings is 1. The summed E-state index contributed by atoms with van der Waals surface area (Å²) in [5, 5.41) is 12.1. The Morgan fingerprint density at radius 3 is 2.89 bits per heavy atom. The van der Waals surface area contributed by atoms with Crippen molar-refractivity contribution in [2.75, 3.05) is 18.9 Å². The van der Waals surface area contributed by atoms with Gasteiger partial charge in [-0.05, 0) is 42.1 Å². The molecule has 27 heavy (non-hydrogen) atoms. The van der Waals surface area contributed by atoms with E-state index < -0.39 is 0 Å². The smallest absolute Gasteiger partial charge is 0.239 e. The highest BCUT2D eigenvalue weighted by Gasteiger charge is 2.13. The molecule has 4 rings (SSSR count). The Bertz CT molecular complexity index is 1100. The van der Waals surface area contributed by atoms with Gasteiger partial charge in [0.25, 0.3) is 0 Å². The molecule has 0 spiro atoms. The number of amides is 1. The normalized spacial score (nSPS) is 10.9. The summed E-state index contributed by atoms with van der Waals surface area (Å²) in [6, 6.07) is 9.90. The van der Waals surface area contributed by atoms with E-state index in [1.807, 2.05) is 48.8 Å². The fraction of sp³-hybridized carbons (Fsp3) is 0.158. The third kappa shape index (κ3) is 3.52. The maximum atomic E-state index is 11.5. The molecule has 0 unspecified atom stereocenters. The van der Waals surface area contributed by atoms with Crippen molar-refractivity contribution in [2.24, 2.45) is 0 Å². The van der Waals surface area contributed by atoms with E-state index in [9.17, 15) is 4.79 Å². The number of hydrogen-bond donors (Lipinski definition) is 2. The van der Waals surface area contributed by atoms with Gasteiger partial charge in [0.05, 0.1) is 34.6 Å². The first-order chi connectivity index (χ1) is 13.1. The van der Waals surface area contributed by atoms with Crippen LogP contribution in [0.3, 0.4) is 0 Å². The molecule has 4 aromatic heterocycles. The number of fused-ring (bicyclic) bond motifs is 1. The first-order valence-electron chi connectivity index (χ1n) is 8.46. The molecular formula is C19H18N6OS. The molecule has 0 aliphatic carbocycles. The largest absolute Gasteiger partial charge is 0.361 e. The van der Waals surface area contributed by atoms with Crippen molar-refractivity contribution >= 4 is 28.7 Å². The Hall–Kier alpha value is -3.26. The van der Waals surface area contributed by atoms with E-state index in [-0.39, 0.29) is 12.5 Å². The van der Waals surface area contributed by atoms with Gasteiger partial charge in [0.15, 0.2) is 5.65 Å². The van der Waals surface area contributed by atoms with Gasteiger partial charge in [0.2, 0.25) is 5.91 Å². The summed E-state index contributed by atoms with van der Waals surface area (Å²) >= 11 is 1.65. The van der Waals surface area contributed by atoms with Crippen LogP contribution in [-0.2, 0) is 4.79 Å². The molecule has 0 atom stereocenters. The van der Waals surface area contributed by atoms with Crippen LogP contribution < -0.4 is 10.6 Å². The zero-order valence-corrected chi connectivity index (χ0v) is 15.7. The van der Waals surface area contributed by atoms with Crippen LogP contribution in [0.15, 0.2) is 48.1 Å². The van der Waals surface area contributed by atoms with Gasteiger partial charge < -0.3 is 10.6 Å². The Morgan fingerprint density at radius 2 is 2.11 bits per heavy atom. The molecule has 4 aromatic rings. The average molecular weight is 378 g/mol. The van der Waals surface area contributed by atoms with Crippen LogP contribution in [0.1, 0.15) is 5.56 Å². The lowest BCUT2D eigenvalue weighted by atomic mass is 10.1. The third-order valence-corrected chi connectivity index (χ3v) is 4.99. The second-order valence-electron chi connectivity index (χ2n) is 6.06. The quantitative estimate of drug-likeness (QED) is 0.558. The van der Waals surface area contributed by atoms with E-state index in [1.54, 1.807) is 29.1 Å². The number of likely N-dealkylation sites (N-methyl/N-ethyl adjacent to an activating group) is 1. The van der Waals surface area contributed by atoms with Gasteiger partial charge in [-0.1, -0.05) is 6.07 Å². The Morgan fingerprint density at radius 1 is 1.22 bits per heavy atom. The lowest BCUT2D eigenvalue weighted by Crippen LogP contribution is -2.26. The Kier molecular flexibility index (Phi) is 4.55. The van der Waals surface area contributed by atoms with Crippen LogP contribution in [0.5, 0.6) is 0 Å². The molecule has 0 radical (unpaired) electrons. The predicted molar refractivity (Wildman–Crippen MR) is 107 cm³/mol. The maximum Gasteiger partial charge on any atom is 0.239 e. The Balaban J connectivity index is 1.74. The minimum atomic E-state index is -0.0990. The van der Waals surface area contributed by atoms with Gasteiger partial charge in [0, 0.05) is 13.2 Å². The van der Waals surface area contributed by atoms with E-state index >= 15 is 0 Å². The number of hydrogen-bond acceptors (Lipinski definition) is 6. The van der Waals surface area contributed by atoms with Crippen LogP contribution in [-0.4, -0.2) is 39.1 Å². The van der Waals surface area contributed by atoms with Gasteiger partial charge in [0.1, 0.15) is 5.82 Å². The van der Waals surface area contributed by atoms with Gasteiger partial charge in [-0.2, -0.15) is 5.10 Å². The molecule has 0 fully saturated rings. The number of carbonyl (C=O) groups is 1. The van der Waals surface area contributed by atoms with E-state index in [0.29, 0.717) is 5.82 Å². The third-order valence-electron chi connectivity index (χ3n) is 4.10. The van der Waals surface area contributed by atoms with Crippen molar-refractivity contribution in [3.63, 3.8) is 0 Å². The highest BCUT2D eigenvalue weighted by Crippen LogP contribution is 2.28. The molecule has 0 aliphatic rings. The zero-order chi connectivity index (χ0) is 18.8. The molecule has 136 valence electrons. The number of rotatable bonds is 5. The standard InChI is InChI=1S/C19H18N6OS/c1-12-8-15(23-17(9-12)21-11-18(26)20-2)13-10-22-25-6-5-14(24-19(13)25)16-4-3-7-27-16/h3-10H,11H2,1-2H3,(H,20,26)(H,21,23). The number of nitrogens with one attached hydrogen (secondary N) is 2. The van der Waals surface area contributed by atoms with Gasteiger partial charge in [-0.15, -0.1) is 11.3 Å². The molecule has 0 aromatic carbocycles. The molecule has 0 bridgehead atoms. The van der Waals surface area contributed by atoms with Crippen LogP contribution >= 0.6 is 11.3 Å². The predicted octanol–water partition coefficient (Wildman–Crippen LogP) is 2.99. The van der Waals surface area contributed by atoms with Crippen molar-refractivity contribution in [3.05, 3.63) is 53.7 Å². The number of aryl methyl sites for hydroxylation is 1. The molecule has 8 heteroatoms. The lowest BCUT2D eigenvalue weighted by Gasteiger charge is -2.08. The van der Waals surface area contributed by atoms with Crippen LogP contribution in [0, 0.1) is 6.92 Å². The average Bonchev–Trinajstić information content (AvgIpc) is 3.34. The molecule has 0 saturated carbocycles. The first-order valence-corrected chi connectivity index (χ1v) is 9.34. The summed E-state index contributed by atoms with van der Waals surface area (Å²) in [6.45, 7) is 2.16.